The van der Waals surface area contributed by atoms with E-state index >= 15 is 0 Å². The van der Waals surface area contributed by atoms with E-state index in [0.717, 1.165) is 25.7 Å². The molecular weight excluding hydrogens is 849 g/mol. The molecule has 0 saturated carbocycles. The molecule has 2 aromatic carbocycles. The highest BCUT2D eigenvalue weighted by Crippen LogP contribution is 2.31. The Morgan fingerprint density at radius 2 is 1.06 bits per heavy atom. The zero-order valence-electron chi connectivity index (χ0n) is 34.1. The van der Waals surface area contributed by atoms with Crippen LogP contribution in [0.25, 0.3) is 44.3 Å². The lowest BCUT2D eigenvalue weighted by Gasteiger charge is -2.32. The number of para-hydroxylation sites is 4. The lowest BCUT2D eigenvalue weighted by molar-refractivity contribution is -0.128. The zero-order chi connectivity index (χ0) is 44.5. The summed E-state index contributed by atoms with van der Waals surface area (Å²) in [4.78, 5) is 79.0. The van der Waals surface area contributed by atoms with Crippen LogP contribution in [-0.2, 0) is 9.59 Å². The SMILES string of the molecule is C=CC(=O)N1CCC[C@@H](n2nc(C(=O)Nc3nc4ccccc4o3)c3c(N)ncnc32)C1.C=CC(=O)N1CCC[C@@H](n2nc(C(=O)Nc3nc4ccccc4o3)c3c(N)ncnc32)C1.[MgH2]. The van der Waals surface area contributed by atoms with Crippen molar-refractivity contribution in [3.05, 3.63) is 97.9 Å². The van der Waals surface area contributed by atoms with Crippen molar-refractivity contribution in [1.29, 1.82) is 0 Å². The van der Waals surface area contributed by atoms with Gasteiger partial charge in [-0.15, -0.1) is 0 Å². The van der Waals surface area contributed by atoms with Crippen LogP contribution in [0.15, 0.2) is 95.3 Å². The summed E-state index contributed by atoms with van der Waals surface area (Å²) < 4.78 is 14.5. The van der Waals surface area contributed by atoms with Gasteiger partial charge in [0.15, 0.2) is 33.8 Å². The fraction of sp³-hybridized carbons (Fsp3) is 0.238. The van der Waals surface area contributed by atoms with Crippen LogP contribution in [0.5, 0.6) is 0 Å². The molecule has 0 radical (unpaired) electrons. The number of nitrogens with one attached hydrogen (secondary N) is 2. The number of fused-ring (bicyclic) bond motifs is 4. The minimum atomic E-state index is -0.545. The van der Waals surface area contributed by atoms with E-state index in [1.54, 1.807) is 43.4 Å². The molecule has 328 valence electrons. The number of oxazole rings is 2. The van der Waals surface area contributed by atoms with Gasteiger partial charge in [-0.2, -0.15) is 20.2 Å². The molecule has 4 amide bonds. The lowest BCUT2D eigenvalue weighted by atomic mass is 10.1. The molecule has 2 fully saturated rings. The van der Waals surface area contributed by atoms with Crippen molar-refractivity contribution in [2.75, 3.05) is 48.3 Å². The molecule has 6 aromatic heterocycles. The topological polar surface area (TPSA) is 290 Å². The van der Waals surface area contributed by atoms with E-state index in [-0.39, 0.29) is 82.0 Å². The van der Waals surface area contributed by atoms with Gasteiger partial charge in [-0.1, -0.05) is 37.4 Å². The number of benzene rings is 2. The molecule has 0 unspecified atom stereocenters. The van der Waals surface area contributed by atoms with Gasteiger partial charge in [0, 0.05) is 26.2 Å². The van der Waals surface area contributed by atoms with E-state index in [4.69, 9.17) is 20.3 Å². The molecule has 10 rings (SSSR count). The highest BCUT2D eigenvalue weighted by molar-refractivity contribution is 6.13. The van der Waals surface area contributed by atoms with Crippen molar-refractivity contribution in [1.82, 2.24) is 59.3 Å². The van der Waals surface area contributed by atoms with E-state index in [0.29, 0.717) is 70.4 Å². The Bertz CT molecular complexity index is 2870. The second kappa shape index (κ2) is 18.5. The number of nitrogens with zero attached hydrogens (tertiary/aromatic N) is 12. The van der Waals surface area contributed by atoms with Gasteiger partial charge in [0.2, 0.25) is 11.8 Å². The van der Waals surface area contributed by atoms with Crippen LogP contribution in [0.4, 0.5) is 23.7 Å². The van der Waals surface area contributed by atoms with Gasteiger partial charge in [0.1, 0.15) is 35.3 Å². The van der Waals surface area contributed by atoms with Gasteiger partial charge < -0.3 is 30.1 Å². The fourth-order valence-electron chi connectivity index (χ4n) is 7.95. The number of nitrogens with two attached hydrogens (primary N) is 2. The fourth-order valence-corrected chi connectivity index (χ4v) is 7.95. The Morgan fingerprint density at radius 3 is 1.46 bits per heavy atom. The molecule has 23 heteroatoms. The quantitative estimate of drug-likeness (QED) is 0.126. The molecule has 2 aliphatic heterocycles. The Labute approximate surface area is 384 Å². The van der Waals surface area contributed by atoms with E-state index in [9.17, 15) is 19.2 Å². The van der Waals surface area contributed by atoms with E-state index < -0.39 is 11.8 Å². The number of amides is 4. The van der Waals surface area contributed by atoms with Crippen molar-refractivity contribution in [2.45, 2.75) is 37.8 Å². The Balaban J connectivity index is 0.000000175. The Kier molecular flexibility index (Phi) is 12.5. The molecule has 2 atom stereocenters. The number of hydrogen-bond donors (Lipinski definition) is 4. The first kappa shape index (κ1) is 43.8. The third kappa shape index (κ3) is 8.65. The van der Waals surface area contributed by atoms with Gasteiger partial charge >= 0.3 is 35.1 Å². The summed E-state index contributed by atoms with van der Waals surface area (Å²) in [7, 11) is 0. The van der Waals surface area contributed by atoms with Gasteiger partial charge in [-0.05, 0) is 62.1 Å². The van der Waals surface area contributed by atoms with Gasteiger partial charge in [-0.25, -0.2) is 29.3 Å². The van der Waals surface area contributed by atoms with Gasteiger partial charge in [0.05, 0.1) is 22.9 Å². The van der Waals surface area contributed by atoms with Gasteiger partial charge in [-0.3, -0.25) is 29.8 Å². The average Bonchev–Trinajstić information content (AvgIpc) is 4.12. The van der Waals surface area contributed by atoms with Crippen LogP contribution in [-0.4, -0.2) is 132 Å². The van der Waals surface area contributed by atoms with Crippen molar-refractivity contribution in [3.63, 3.8) is 0 Å². The third-order valence-electron chi connectivity index (χ3n) is 11.0. The lowest BCUT2D eigenvalue weighted by Crippen LogP contribution is -2.40. The summed E-state index contributed by atoms with van der Waals surface area (Å²) in [5, 5.41) is 15.0. The molecule has 8 heterocycles. The molecule has 6 N–H and O–H groups in total. The zero-order valence-corrected chi connectivity index (χ0v) is 34.1. The second-order valence-electron chi connectivity index (χ2n) is 15.0. The van der Waals surface area contributed by atoms with Crippen LogP contribution >= 0.6 is 0 Å². The number of carbonyl (C=O) groups excluding carboxylic acids is 4. The summed E-state index contributed by atoms with van der Waals surface area (Å²) in [5.41, 5.74) is 15.5. The number of nitrogen functional groups attached to an aromatic ring is 2. The molecule has 2 aliphatic rings. The number of aromatic nitrogens is 10. The number of piperidine rings is 2. The first-order valence-electron chi connectivity index (χ1n) is 20.2. The van der Waals surface area contributed by atoms with Crippen LogP contribution in [0.3, 0.4) is 0 Å². The minimum Gasteiger partial charge on any atom is -0.423 e. The van der Waals surface area contributed by atoms with Crippen LogP contribution in [0.2, 0.25) is 0 Å². The molecule has 0 spiro atoms. The second-order valence-corrected chi connectivity index (χ2v) is 15.0. The number of anilines is 4. The first-order chi connectivity index (χ1) is 31.1. The van der Waals surface area contributed by atoms with E-state index in [1.807, 2.05) is 24.3 Å². The van der Waals surface area contributed by atoms with Crippen molar-refractivity contribution < 1.29 is 28.0 Å². The van der Waals surface area contributed by atoms with Crippen LogP contribution in [0, 0.1) is 0 Å². The molecule has 65 heavy (non-hydrogen) atoms. The minimum absolute atomic E-state index is 0. The molecule has 2 saturated heterocycles. The molecule has 22 nitrogen and oxygen atoms in total. The number of hydrogen-bond acceptors (Lipinski definition) is 16. The van der Waals surface area contributed by atoms with Crippen molar-refractivity contribution >= 4 is 115 Å². The standard InChI is InChI=1S/2C21H20N8O3.Mg.2H/c2*1-2-15(30)28-9-5-6-12(10-28)29-19-16(18(22)23-11-24-19)17(27-29)20(31)26-21-25-13-7-3-4-8-14(13)32-21;;;/h2*2-4,7-8,11-12H,1,5-6,9-10H2,(H2,22,23,24)(H,25,26,31);;;/t2*12-;;;/m11.../s1. The maximum atomic E-state index is 13.1. The largest absolute Gasteiger partial charge is 0.423 e. The first-order valence-corrected chi connectivity index (χ1v) is 20.2. The summed E-state index contributed by atoms with van der Waals surface area (Å²) in [6.45, 7) is 9.26. The molecule has 0 bridgehead atoms. The normalized spacial score (nSPS) is 16.1. The van der Waals surface area contributed by atoms with Crippen molar-refractivity contribution in [3.8, 4) is 0 Å². The summed E-state index contributed by atoms with van der Waals surface area (Å²) >= 11 is 0. The Morgan fingerprint density at radius 1 is 0.646 bits per heavy atom. The molecule has 8 aromatic rings. The predicted molar refractivity (Wildman–Crippen MR) is 242 cm³/mol. The molecular formula is C42H42MgN16O6. The molecule has 0 aliphatic carbocycles. The predicted octanol–water partition coefficient (Wildman–Crippen LogP) is 3.39. The summed E-state index contributed by atoms with van der Waals surface area (Å²) in [5.74, 6) is -1.10. The highest BCUT2D eigenvalue weighted by atomic mass is 24.3. The number of carbonyl (C=O) groups is 4. The third-order valence-corrected chi connectivity index (χ3v) is 11.0. The number of rotatable bonds is 8. The van der Waals surface area contributed by atoms with Crippen molar-refractivity contribution in [2.24, 2.45) is 0 Å². The van der Waals surface area contributed by atoms with Crippen LogP contribution in [0.1, 0.15) is 58.7 Å². The van der Waals surface area contributed by atoms with E-state index in [2.05, 4.69) is 63.9 Å². The average molecular weight is 891 g/mol. The summed E-state index contributed by atoms with van der Waals surface area (Å²) in [6, 6.07) is 14.1. The Hall–Kier alpha value is -7.79. The van der Waals surface area contributed by atoms with E-state index in [1.165, 1.54) is 24.8 Å². The number of likely N-dealkylation sites (tertiary alicyclic amines) is 2. The highest BCUT2D eigenvalue weighted by Gasteiger charge is 2.31. The monoisotopic (exact) mass is 890 g/mol. The smallest absolute Gasteiger partial charge is 0.316 e. The maximum Gasteiger partial charge on any atom is 0.316 e. The van der Waals surface area contributed by atoms with Gasteiger partial charge in [0.25, 0.3) is 11.8 Å². The van der Waals surface area contributed by atoms with Crippen LogP contribution < -0.4 is 22.1 Å². The summed E-state index contributed by atoms with van der Waals surface area (Å²) in [6.07, 6.45) is 8.36. The maximum absolute atomic E-state index is 13.1.